The third-order valence-corrected chi connectivity index (χ3v) is 4.59. The van der Waals surface area contributed by atoms with E-state index in [0.717, 1.165) is 5.56 Å². The fourth-order valence-electron chi connectivity index (χ4n) is 3.19. The Morgan fingerprint density at radius 2 is 1.85 bits per heavy atom. The molecule has 2 amide bonds. The molecule has 0 aromatic heterocycles. The summed E-state index contributed by atoms with van der Waals surface area (Å²) in [5.41, 5.74) is 1.40. The number of nitrogens with zero attached hydrogens (tertiary/aromatic N) is 1. The van der Waals surface area contributed by atoms with Crippen LogP contribution in [-0.2, 0) is 9.59 Å². The molecular weight excluding hydrogens is 347 g/mol. The number of hydrogen-bond acceptors (Lipinski definition) is 3. The molecule has 27 heavy (non-hydrogen) atoms. The monoisotopic (exact) mass is 370 g/mol. The molecule has 1 heterocycles. The van der Waals surface area contributed by atoms with Crippen LogP contribution in [0.1, 0.15) is 32.4 Å². The van der Waals surface area contributed by atoms with Gasteiger partial charge in [0.2, 0.25) is 5.91 Å². The molecule has 142 valence electrons. The molecule has 1 N–H and O–H groups in total. The molecule has 2 atom stereocenters. The Labute approximate surface area is 158 Å². The Morgan fingerprint density at radius 3 is 2.52 bits per heavy atom. The Hall–Kier alpha value is -2.89. The summed E-state index contributed by atoms with van der Waals surface area (Å²) in [4.78, 5) is 26.7. The topological polar surface area (TPSA) is 58.6 Å². The van der Waals surface area contributed by atoms with E-state index in [1.807, 2.05) is 19.9 Å². The van der Waals surface area contributed by atoms with Crippen molar-refractivity contribution < 1.29 is 18.7 Å². The van der Waals surface area contributed by atoms with Crippen LogP contribution in [0.4, 0.5) is 10.1 Å². The maximum absolute atomic E-state index is 13.2. The van der Waals surface area contributed by atoms with E-state index in [2.05, 4.69) is 5.32 Å². The number of hydrogen-bond donors (Lipinski definition) is 1. The van der Waals surface area contributed by atoms with Gasteiger partial charge in [-0.05, 0) is 42.7 Å². The molecule has 2 unspecified atom stereocenters. The van der Waals surface area contributed by atoms with Crippen molar-refractivity contribution in [3.63, 3.8) is 0 Å². The lowest BCUT2D eigenvalue weighted by molar-refractivity contribution is -0.128. The zero-order chi connectivity index (χ0) is 19.6. The Kier molecular flexibility index (Phi) is 5.44. The first kappa shape index (κ1) is 18.9. The first-order chi connectivity index (χ1) is 12.9. The number of nitrogens with one attached hydrogen (secondary N) is 1. The van der Waals surface area contributed by atoms with Crippen LogP contribution in [0.25, 0.3) is 0 Å². The summed E-state index contributed by atoms with van der Waals surface area (Å²) in [6.45, 7) is 5.52. The average molecular weight is 370 g/mol. The van der Waals surface area contributed by atoms with Crippen LogP contribution >= 0.6 is 0 Å². The van der Waals surface area contributed by atoms with Gasteiger partial charge in [-0.1, -0.05) is 38.1 Å². The molecule has 0 spiro atoms. The molecule has 1 aliphatic rings. The molecular formula is C21H23FN2O3. The fourth-order valence-corrected chi connectivity index (χ4v) is 3.19. The number of benzene rings is 2. The number of fused-ring (bicyclic) bond motifs is 1. The summed E-state index contributed by atoms with van der Waals surface area (Å²) < 4.78 is 18.8. The molecule has 2 aromatic carbocycles. The van der Waals surface area contributed by atoms with Crippen molar-refractivity contribution in [1.82, 2.24) is 5.32 Å². The van der Waals surface area contributed by atoms with Crippen LogP contribution < -0.4 is 15.0 Å². The van der Waals surface area contributed by atoms with Gasteiger partial charge in [0, 0.05) is 0 Å². The second kappa shape index (κ2) is 7.78. The highest BCUT2D eigenvalue weighted by Gasteiger charge is 2.33. The lowest BCUT2D eigenvalue weighted by Crippen LogP contribution is -2.49. The van der Waals surface area contributed by atoms with Gasteiger partial charge in [-0.25, -0.2) is 4.39 Å². The van der Waals surface area contributed by atoms with Gasteiger partial charge in [0.25, 0.3) is 5.91 Å². The third kappa shape index (κ3) is 4.10. The SMILES string of the molecule is CC1Oc2ccccc2N(CC(=O)NC(c2ccc(F)cc2)C(C)C)C1=O. The molecule has 5 nitrogen and oxygen atoms in total. The zero-order valence-corrected chi connectivity index (χ0v) is 15.6. The minimum atomic E-state index is -0.648. The Morgan fingerprint density at radius 1 is 1.19 bits per heavy atom. The lowest BCUT2D eigenvalue weighted by Gasteiger charge is -2.33. The largest absolute Gasteiger partial charge is 0.479 e. The third-order valence-electron chi connectivity index (χ3n) is 4.59. The van der Waals surface area contributed by atoms with E-state index >= 15 is 0 Å². The van der Waals surface area contributed by atoms with Crippen molar-refractivity contribution in [1.29, 1.82) is 0 Å². The van der Waals surface area contributed by atoms with Gasteiger partial charge in [0.05, 0.1) is 11.7 Å². The fraction of sp³-hybridized carbons (Fsp3) is 0.333. The normalized spacial score (nSPS) is 17.3. The highest BCUT2D eigenvalue weighted by molar-refractivity contribution is 6.03. The number of halogens is 1. The smallest absolute Gasteiger partial charge is 0.268 e. The number of ether oxygens (including phenoxy) is 1. The Bertz CT molecular complexity index is 836. The van der Waals surface area contributed by atoms with Gasteiger partial charge < -0.3 is 10.1 Å². The quantitative estimate of drug-likeness (QED) is 0.877. The summed E-state index contributed by atoms with van der Waals surface area (Å²) in [5.74, 6) is -0.179. The first-order valence-corrected chi connectivity index (χ1v) is 8.98. The van der Waals surface area contributed by atoms with E-state index in [9.17, 15) is 14.0 Å². The van der Waals surface area contributed by atoms with E-state index < -0.39 is 6.10 Å². The molecule has 0 radical (unpaired) electrons. The number of carbonyl (C=O) groups is 2. The van der Waals surface area contributed by atoms with Crippen molar-refractivity contribution in [2.75, 3.05) is 11.4 Å². The van der Waals surface area contributed by atoms with E-state index in [4.69, 9.17) is 4.74 Å². The van der Waals surface area contributed by atoms with Crippen LogP contribution in [0.3, 0.4) is 0 Å². The molecule has 0 saturated carbocycles. The summed E-state index contributed by atoms with van der Waals surface area (Å²) in [6, 6.07) is 13.0. The summed E-state index contributed by atoms with van der Waals surface area (Å²) in [6.07, 6.45) is -0.648. The highest BCUT2D eigenvalue weighted by Crippen LogP contribution is 2.33. The van der Waals surface area contributed by atoms with Gasteiger partial charge in [-0.2, -0.15) is 0 Å². The van der Waals surface area contributed by atoms with Crippen LogP contribution in [0.15, 0.2) is 48.5 Å². The molecule has 1 aliphatic heterocycles. The van der Waals surface area contributed by atoms with Crippen molar-refractivity contribution >= 4 is 17.5 Å². The molecule has 2 aromatic rings. The van der Waals surface area contributed by atoms with E-state index in [-0.39, 0.29) is 36.1 Å². The van der Waals surface area contributed by atoms with Crippen molar-refractivity contribution in [2.45, 2.75) is 32.9 Å². The van der Waals surface area contributed by atoms with Gasteiger partial charge >= 0.3 is 0 Å². The predicted octanol–water partition coefficient (Wildman–Crippen LogP) is 3.45. The second-order valence-corrected chi connectivity index (χ2v) is 6.99. The highest BCUT2D eigenvalue weighted by atomic mass is 19.1. The van der Waals surface area contributed by atoms with Crippen LogP contribution in [0.2, 0.25) is 0 Å². The van der Waals surface area contributed by atoms with E-state index in [0.29, 0.717) is 11.4 Å². The predicted molar refractivity (Wildman–Crippen MR) is 101 cm³/mol. The van der Waals surface area contributed by atoms with Gasteiger partial charge in [0.15, 0.2) is 6.10 Å². The van der Waals surface area contributed by atoms with E-state index in [1.54, 1.807) is 37.3 Å². The van der Waals surface area contributed by atoms with Crippen LogP contribution in [0, 0.1) is 11.7 Å². The van der Waals surface area contributed by atoms with Crippen molar-refractivity contribution in [2.24, 2.45) is 5.92 Å². The average Bonchev–Trinajstić information content (AvgIpc) is 2.64. The van der Waals surface area contributed by atoms with Crippen LogP contribution in [-0.4, -0.2) is 24.5 Å². The van der Waals surface area contributed by atoms with Gasteiger partial charge in [-0.15, -0.1) is 0 Å². The molecule has 6 heteroatoms. The Balaban J connectivity index is 1.78. The standard InChI is InChI=1S/C21H23FN2O3/c1-13(2)20(15-8-10-16(22)11-9-15)23-19(25)12-24-17-6-4-5-7-18(17)27-14(3)21(24)26/h4-11,13-14,20H,12H2,1-3H3,(H,23,25). The van der Waals surface area contributed by atoms with Gasteiger partial charge in [0.1, 0.15) is 18.1 Å². The molecule has 0 bridgehead atoms. The van der Waals surface area contributed by atoms with Gasteiger partial charge in [-0.3, -0.25) is 14.5 Å². The minimum Gasteiger partial charge on any atom is -0.479 e. The summed E-state index contributed by atoms with van der Waals surface area (Å²) >= 11 is 0. The zero-order valence-electron chi connectivity index (χ0n) is 15.6. The minimum absolute atomic E-state index is 0.103. The number of amides is 2. The number of para-hydroxylation sites is 2. The van der Waals surface area contributed by atoms with Crippen molar-refractivity contribution in [3.8, 4) is 5.75 Å². The van der Waals surface area contributed by atoms with Crippen molar-refractivity contribution in [3.05, 3.63) is 59.9 Å². The maximum atomic E-state index is 13.2. The van der Waals surface area contributed by atoms with E-state index in [1.165, 1.54) is 17.0 Å². The number of carbonyl (C=O) groups excluding carboxylic acids is 2. The van der Waals surface area contributed by atoms with Crippen LogP contribution in [0.5, 0.6) is 5.75 Å². The molecule has 3 rings (SSSR count). The lowest BCUT2D eigenvalue weighted by atomic mass is 9.96. The first-order valence-electron chi connectivity index (χ1n) is 8.98. The molecule has 0 saturated heterocycles. The second-order valence-electron chi connectivity index (χ2n) is 6.99. The number of rotatable bonds is 5. The molecule has 0 aliphatic carbocycles. The maximum Gasteiger partial charge on any atom is 0.268 e. The summed E-state index contributed by atoms with van der Waals surface area (Å²) in [7, 11) is 0. The summed E-state index contributed by atoms with van der Waals surface area (Å²) in [5, 5.41) is 2.97. The molecule has 0 fully saturated rings. The number of anilines is 1.